The number of imidazole rings is 1. The second kappa shape index (κ2) is 5.75. The zero-order valence-electron chi connectivity index (χ0n) is 11.8. The topological polar surface area (TPSA) is 59.3 Å². The maximum absolute atomic E-state index is 12.0. The Morgan fingerprint density at radius 1 is 1.33 bits per heavy atom. The van der Waals surface area contributed by atoms with E-state index in [1.165, 1.54) is 0 Å². The maximum Gasteiger partial charge on any atom is 0.226 e. The highest BCUT2D eigenvalue weighted by atomic mass is 16.1. The van der Waals surface area contributed by atoms with E-state index in [-0.39, 0.29) is 12.3 Å². The van der Waals surface area contributed by atoms with Gasteiger partial charge in [0, 0.05) is 31.3 Å². The molecule has 0 saturated heterocycles. The third-order valence-corrected chi connectivity index (χ3v) is 3.28. The van der Waals surface area contributed by atoms with Crippen molar-refractivity contribution in [1.82, 2.24) is 19.7 Å². The van der Waals surface area contributed by atoms with Crippen molar-refractivity contribution in [2.45, 2.75) is 19.9 Å². The van der Waals surface area contributed by atoms with Gasteiger partial charge in [-0.25, -0.2) is 4.98 Å². The molecule has 0 spiro atoms. The molecule has 3 aromatic rings. The molecule has 0 radical (unpaired) electrons. The molecule has 0 aliphatic heterocycles. The molecule has 0 saturated carbocycles. The summed E-state index contributed by atoms with van der Waals surface area (Å²) in [6, 6.07) is 7.76. The van der Waals surface area contributed by atoms with Crippen LogP contribution in [0.2, 0.25) is 0 Å². The summed E-state index contributed by atoms with van der Waals surface area (Å²) in [6.45, 7) is 2.49. The molecule has 3 heterocycles. The normalized spacial score (nSPS) is 10.7. The zero-order valence-corrected chi connectivity index (χ0v) is 11.8. The van der Waals surface area contributed by atoms with Gasteiger partial charge in [-0.05, 0) is 30.2 Å². The summed E-state index contributed by atoms with van der Waals surface area (Å²) >= 11 is 0. The third-order valence-electron chi connectivity index (χ3n) is 3.28. The van der Waals surface area contributed by atoms with E-state index in [4.69, 9.17) is 0 Å². The Hall–Kier alpha value is -2.69. The standard InChI is InChI=1S/C16H16N4O/c1-12-4-3-7-20-11-14(19-16(12)20)8-15(21)18-10-13-5-2-6-17-9-13/h2-7,9,11H,8,10H2,1H3,(H,18,21). The number of hydrogen-bond donors (Lipinski definition) is 1. The van der Waals surface area contributed by atoms with Gasteiger partial charge in [0.05, 0.1) is 12.1 Å². The van der Waals surface area contributed by atoms with Gasteiger partial charge in [-0.3, -0.25) is 9.78 Å². The number of carbonyl (C=O) groups is 1. The summed E-state index contributed by atoms with van der Waals surface area (Å²) in [4.78, 5) is 20.5. The highest BCUT2D eigenvalue weighted by molar-refractivity contribution is 5.78. The summed E-state index contributed by atoms with van der Waals surface area (Å²) in [5.41, 5.74) is 3.75. The van der Waals surface area contributed by atoms with E-state index < -0.39 is 0 Å². The van der Waals surface area contributed by atoms with Crippen LogP contribution in [0.3, 0.4) is 0 Å². The molecule has 0 aliphatic carbocycles. The first-order valence-electron chi connectivity index (χ1n) is 6.81. The summed E-state index contributed by atoms with van der Waals surface area (Å²) in [5.74, 6) is -0.0417. The number of amides is 1. The SMILES string of the molecule is Cc1cccn2cc(CC(=O)NCc3cccnc3)nc12. The fourth-order valence-corrected chi connectivity index (χ4v) is 2.22. The Morgan fingerprint density at radius 2 is 2.24 bits per heavy atom. The van der Waals surface area contributed by atoms with Gasteiger partial charge in [0.2, 0.25) is 5.91 Å². The number of hydrogen-bond acceptors (Lipinski definition) is 3. The monoisotopic (exact) mass is 280 g/mol. The first kappa shape index (κ1) is 13.3. The van der Waals surface area contributed by atoms with Gasteiger partial charge in [0.1, 0.15) is 5.65 Å². The summed E-state index contributed by atoms with van der Waals surface area (Å²) in [7, 11) is 0. The number of carbonyl (C=O) groups excluding carboxylic acids is 1. The number of fused-ring (bicyclic) bond motifs is 1. The van der Waals surface area contributed by atoms with Crippen LogP contribution in [0.15, 0.2) is 49.1 Å². The van der Waals surface area contributed by atoms with E-state index >= 15 is 0 Å². The average molecular weight is 280 g/mol. The second-order valence-electron chi connectivity index (χ2n) is 4.97. The molecule has 3 aromatic heterocycles. The molecular weight excluding hydrogens is 264 g/mol. The maximum atomic E-state index is 12.0. The Bertz CT molecular complexity index is 764. The smallest absolute Gasteiger partial charge is 0.226 e. The van der Waals surface area contributed by atoms with Gasteiger partial charge in [-0.15, -0.1) is 0 Å². The lowest BCUT2D eigenvalue weighted by atomic mass is 10.2. The molecule has 0 atom stereocenters. The fourth-order valence-electron chi connectivity index (χ4n) is 2.22. The largest absolute Gasteiger partial charge is 0.352 e. The predicted octanol–water partition coefficient (Wildman–Crippen LogP) is 1.90. The fraction of sp³-hybridized carbons (Fsp3) is 0.188. The van der Waals surface area contributed by atoms with Crippen molar-refractivity contribution in [2.24, 2.45) is 0 Å². The van der Waals surface area contributed by atoms with Crippen molar-refractivity contribution >= 4 is 11.6 Å². The molecule has 21 heavy (non-hydrogen) atoms. The van der Waals surface area contributed by atoms with Crippen LogP contribution in [-0.2, 0) is 17.8 Å². The van der Waals surface area contributed by atoms with Crippen molar-refractivity contribution in [2.75, 3.05) is 0 Å². The first-order valence-corrected chi connectivity index (χ1v) is 6.81. The Balaban J connectivity index is 1.65. The van der Waals surface area contributed by atoms with Crippen molar-refractivity contribution in [3.63, 3.8) is 0 Å². The number of nitrogens with one attached hydrogen (secondary N) is 1. The van der Waals surface area contributed by atoms with Crippen LogP contribution in [-0.4, -0.2) is 20.3 Å². The Labute approximate surface area is 122 Å². The van der Waals surface area contributed by atoms with Crippen molar-refractivity contribution in [3.8, 4) is 0 Å². The van der Waals surface area contributed by atoms with Crippen LogP contribution < -0.4 is 5.32 Å². The highest BCUT2D eigenvalue weighted by Crippen LogP contribution is 2.10. The van der Waals surface area contributed by atoms with Crippen LogP contribution in [0, 0.1) is 6.92 Å². The summed E-state index contributed by atoms with van der Waals surface area (Å²) < 4.78 is 1.94. The van der Waals surface area contributed by atoms with Gasteiger partial charge in [-0.2, -0.15) is 0 Å². The number of rotatable bonds is 4. The quantitative estimate of drug-likeness (QED) is 0.794. The minimum absolute atomic E-state index is 0.0417. The average Bonchev–Trinajstić information content (AvgIpc) is 2.90. The number of aromatic nitrogens is 3. The van der Waals surface area contributed by atoms with Crippen molar-refractivity contribution in [3.05, 3.63) is 65.9 Å². The Kier molecular flexibility index (Phi) is 3.64. The lowest BCUT2D eigenvalue weighted by Gasteiger charge is -2.03. The molecule has 1 amide bonds. The molecule has 5 nitrogen and oxygen atoms in total. The summed E-state index contributed by atoms with van der Waals surface area (Å²) in [6.07, 6.45) is 7.57. The van der Waals surface area contributed by atoms with E-state index in [1.54, 1.807) is 12.4 Å². The number of aryl methyl sites for hydroxylation is 1. The molecule has 3 rings (SSSR count). The molecular formula is C16H16N4O. The molecule has 0 fully saturated rings. The molecule has 1 N–H and O–H groups in total. The van der Waals surface area contributed by atoms with E-state index in [1.807, 2.05) is 48.0 Å². The number of nitrogens with zero attached hydrogens (tertiary/aromatic N) is 3. The van der Waals surface area contributed by atoms with Crippen LogP contribution in [0.4, 0.5) is 0 Å². The van der Waals surface area contributed by atoms with E-state index in [9.17, 15) is 4.79 Å². The number of pyridine rings is 2. The van der Waals surface area contributed by atoms with Crippen LogP contribution in [0.25, 0.3) is 5.65 Å². The van der Waals surface area contributed by atoms with E-state index in [0.29, 0.717) is 6.54 Å². The van der Waals surface area contributed by atoms with Gasteiger partial charge < -0.3 is 9.72 Å². The minimum atomic E-state index is -0.0417. The molecule has 106 valence electrons. The molecule has 0 unspecified atom stereocenters. The Morgan fingerprint density at radius 3 is 3.00 bits per heavy atom. The summed E-state index contributed by atoms with van der Waals surface area (Å²) in [5, 5.41) is 2.88. The van der Waals surface area contributed by atoms with Crippen LogP contribution in [0.1, 0.15) is 16.8 Å². The predicted molar refractivity (Wildman–Crippen MR) is 79.7 cm³/mol. The first-order chi connectivity index (χ1) is 10.2. The van der Waals surface area contributed by atoms with E-state index in [2.05, 4.69) is 15.3 Å². The van der Waals surface area contributed by atoms with Crippen molar-refractivity contribution in [1.29, 1.82) is 0 Å². The molecule has 0 bridgehead atoms. The minimum Gasteiger partial charge on any atom is -0.352 e. The van der Waals surface area contributed by atoms with Gasteiger partial charge in [0.25, 0.3) is 0 Å². The van der Waals surface area contributed by atoms with Crippen molar-refractivity contribution < 1.29 is 4.79 Å². The zero-order chi connectivity index (χ0) is 14.7. The van der Waals surface area contributed by atoms with E-state index in [0.717, 1.165) is 22.5 Å². The van der Waals surface area contributed by atoms with Crippen LogP contribution in [0.5, 0.6) is 0 Å². The second-order valence-corrected chi connectivity index (χ2v) is 4.97. The molecule has 0 aliphatic rings. The third kappa shape index (κ3) is 3.08. The highest BCUT2D eigenvalue weighted by Gasteiger charge is 2.08. The van der Waals surface area contributed by atoms with Gasteiger partial charge in [0.15, 0.2) is 0 Å². The molecule has 0 aromatic carbocycles. The lowest BCUT2D eigenvalue weighted by molar-refractivity contribution is -0.120. The molecule has 5 heteroatoms. The van der Waals surface area contributed by atoms with Gasteiger partial charge >= 0.3 is 0 Å². The lowest BCUT2D eigenvalue weighted by Crippen LogP contribution is -2.24. The van der Waals surface area contributed by atoms with Crippen LogP contribution >= 0.6 is 0 Å². The van der Waals surface area contributed by atoms with Gasteiger partial charge in [-0.1, -0.05) is 12.1 Å².